The maximum absolute atomic E-state index is 10.5. The SMILES string of the molecule is COCCOCc1nnc(CC(C)CC(=O)O)o1. The second kappa shape index (κ2) is 7.78. The normalized spacial score (nSPS) is 12.6. The lowest BCUT2D eigenvalue weighted by molar-refractivity contribution is -0.137. The van der Waals surface area contributed by atoms with Crippen molar-refractivity contribution in [1.29, 1.82) is 0 Å². The van der Waals surface area contributed by atoms with Crippen molar-refractivity contribution < 1.29 is 23.8 Å². The molecular weight excluding hydrogens is 240 g/mol. The molecule has 1 atom stereocenters. The number of carboxylic acids is 1. The average molecular weight is 258 g/mol. The van der Waals surface area contributed by atoms with Crippen molar-refractivity contribution >= 4 is 5.97 Å². The molecule has 0 aromatic carbocycles. The molecule has 0 bridgehead atoms. The highest BCUT2D eigenvalue weighted by atomic mass is 16.5. The van der Waals surface area contributed by atoms with E-state index in [1.807, 2.05) is 6.92 Å². The van der Waals surface area contributed by atoms with E-state index >= 15 is 0 Å². The first-order valence-corrected chi connectivity index (χ1v) is 5.71. The summed E-state index contributed by atoms with van der Waals surface area (Å²) in [5, 5.41) is 16.3. The first kappa shape index (κ1) is 14.6. The average Bonchev–Trinajstić information content (AvgIpc) is 2.71. The Balaban J connectivity index is 2.31. The van der Waals surface area contributed by atoms with Gasteiger partial charge in [0.15, 0.2) is 0 Å². The standard InChI is InChI=1S/C11H18N2O5/c1-8(6-11(14)15)5-9-12-13-10(18-9)7-17-4-3-16-2/h8H,3-7H2,1-2H3,(H,14,15). The molecule has 0 amide bonds. The predicted molar refractivity (Wildman–Crippen MR) is 61.0 cm³/mol. The van der Waals surface area contributed by atoms with Crippen LogP contribution in [0.25, 0.3) is 0 Å². The van der Waals surface area contributed by atoms with Crippen molar-refractivity contribution in [3.8, 4) is 0 Å². The van der Waals surface area contributed by atoms with E-state index in [-0.39, 0.29) is 18.9 Å². The fourth-order valence-electron chi connectivity index (χ4n) is 1.40. The Labute approximate surface area is 105 Å². The summed E-state index contributed by atoms with van der Waals surface area (Å²) in [4.78, 5) is 10.5. The minimum atomic E-state index is -0.829. The predicted octanol–water partition coefficient (Wildman–Crippen LogP) is 0.886. The molecule has 18 heavy (non-hydrogen) atoms. The number of hydrogen-bond donors (Lipinski definition) is 1. The van der Waals surface area contributed by atoms with Gasteiger partial charge in [0.25, 0.3) is 0 Å². The third-order valence-electron chi connectivity index (χ3n) is 2.21. The van der Waals surface area contributed by atoms with Crippen LogP contribution in [0.3, 0.4) is 0 Å². The first-order valence-electron chi connectivity index (χ1n) is 5.71. The maximum Gasteiger partial charge on any atom is 0.303 e. The van der Waals surface area contributed by atoms with E-state index in [1.165, 1.54) is 0 Å². The van der Waals surface area contributed by atoms with Crippen LogP contribution in [0.15, 0.2) is 4.42 Å². The van der Waals surface area contributed by atoms with Crippen LogP contribution < -0.4 is 0 Å². The van der Waals surface area contributed by atoms with Gasteiger partial charge in [-0.05, 0) is 5.92 Å². The Morgan fingerprint density at radius 1 is 1.39 bits per heavy atom. The van der Waals surface area contributed by atoms with Crippen LogP contribution in [0.2, 0.25) is 0 Å². The molecule has 7 nitrogen and oxygen atoms in total. The molecule has 0 aliphatic rings. The van der Waals surface area contributed by atoms with Gasteiger partial charge in [-0.1, -0.05) is 6.92 Å². The number of methoxy groups -OCH3 is 1. The Bertz CT molecular complexity index is 366. The number of rotatable bonds is 9. The van der Waals surface area contributed by atoms with E-state index in [0.717, 1.165) is 0 Å². The maximum atomic E-state index is 10.5. The number of nitrogens with zero attached hydrogens (tertiary/aromatic N) is 2. The second-order valence-corrected chi connectivity index (χ2v) is 4.04. The van der Waals surface area contributed by atoms with Crippen molar-refractivity contribution in [2.45, 2.75) is 26.4 Å². The Morgan fingerprint density at radius 3 is 2.78 bits per heavy atom. The molecule has 1 unspecified atom stereocenters. The Kier molecular flexibility index (Phi) is 6.31. The zero-order valence-electron chi connectivity index (χ0n) is 10.6. The molecule has 0 spiro atoms. The molecule has 1 heterocycles. The van der Waals surface area contributed by atoms with Gasteiger partial charge in [0, 0.05) is 20.0 Å². The van der Waals surface area contributed by atoms with Crippen LogP contribution in [0.4, 0.5) is 0 Å². The summed E-state index contributed by atoms with van der Waals surface area (Å²) >= 11 is 0. The van der Waals surface area contributed by atoms with Gasteiger partial charge in [-0.15, -0.1) is 10.2 Å². The molecule has 0 aliphatic carbocycles. The number of carbonyl (C=O) groups is 1. The van der Waals surface area contributed by atoms with Gasteiger partial charge in [0.1, 0.15) is 6.61 Å². The van der Waals surface area contributed by atoms with Gasteiger partial charge in [-0.2, -0.15) is 0 Å². The van der Waals surface area contributed by atoms with E-state index < -0.39 is 5.97 Å². The molecule has 1 aromatic heterocycles. The van der Waals surface area contributed by atoms with Crippen LogP contribution >= 0.6 is 0 Å². The Hall–Kier alpha value is -1.47. The second-order valence-electron chi connectivity index (χ2n) is 4.04. The monoisotopic (exact) mass is 258 g/mol. The minimum Gasteiger partial charge on any atom is -0.481 e. The quantitative estimate of drug-likeness (QED) is 0.657. The zero-order valence-corrected chi connectivity index (χ0v) is 10.6. The summed E-state index contributed by atoms with van der Waals surface area (Å²) in [6.45, 7) is 3.04. The molecule has 7 heteroatoms. The van der Waals surface area contributed by atoms with Gasteiger partial charge >= 0.3 is 5.97 Å². The Morgan fingerprint density at radius 2 is 2.11 bits per heavy atom. The highest BCUT2D eigenvalue weighted by Crippen LogP contribution is 2.11. The van der Waals surface area contributed by atoms with Crippen molar-refractivity contribution in [1.82, 2.24) is 10.2 Å². The van der Waals surface area contributed by atoms with Crippen molar-refractivity contribution in [2.24, 2.45) is 5.92 Å². The highest BCUT2D eigenvalue weighted by molar-refractivity contribution is 5.66. The third kappa shape index (κ3) is 5.74. The van der Waals surface area contributed by atoms with Crippen LogP contribution in [0.5, 0.6) is 0 Å². The summed E-state index contributed by atoms with van der Waals surface area (Å²) in [5.41, 5.74) is 0. The van der Waals surface area contributed by atoms with E-state index in [4.69, 9.17) is 19.0 Å². The van der Waals surface area contributed by atoms with Crippen LogP contribution in [0, 0.1) is 5.92 Å². The lowest BCUT2D eigenvalue weighted by atomic mass is 10.0. The summed E-state index contributed by atoms with van der Waals surface area (Å²) in [6, 6.07) is 0. The molecule has 0 fully saturated rings. The summed E-state index contributed by atoms with van der Waals surface area (Å²) in [6.07, 6.45) is 0.541. The van der Waals surface area contributed by atoms with E-state index in [0.29, 0.717) is 31.4 Å². The van der Waals surface area contributed by atoms with Crippen molar-refractivity contribution in [3.63, 3.8) is 0 Å². The van der Waals surface area contributed by atoms with Gasteiger partial charge < -0.3 is 19.0 Å². The van der Waals surface area contributed by atoms with Gasteiger partial charge in [0.2, 0.25) is 11.8 Å². The van der Waals surface area contributed by atoms with E-state index in [9.17, 15) is 4.79 Å². The van der Waals surface area contributed by atoms with E-state index in [1.54, 1.807) is 7.11 Å². The molecule has 1 N–H and O–H groups in total. The molecule has 0 saturated heterocycles. The molecule has 102 valence electrons. The lowest BCUT2D eigenvalue weighted by Crippen LogP contribution is -2.07. The fourth-order valence-corrected chi connectivity index (χ4v) is 1.40. The van der Waals surface area contributed by atoms with Gasteiger partial charge in [0.05, 0.1) is 13.2 Å². The third-order valence-corrected chi connectivity index (χ3v) is 2.21. The first-order chi connectivity index (χ1) is 8.61. The van der Waals surface area contributed by atoms with Gasteiger partial charge in [-0.3, -0.25) is 4.79 Å². The molecule has 0 radical (unpaired) electrons. The summed E-state index contributed by atoms with van der Waals surface area (Å²) in [7, 11) is 1.60. The largest absolute Gasteiger partial charge is 0.481 e. The zero-order chi connectivity index (χ0) is 13.4. The number of aliphatic carboxylic acids is 1. The summed E-state index contributed by atoms with van der Waals surface area (Å²) in [5.74, 6) is -0.0342. The molecule has 1 rings (SSSR count). The number of carboxylic acid groups (broad SMARTS) is 1. The minimum absolute atomic E-state index is 0.0368. The molecule has 0 aliphatic heterocycles. The number of hydrogen-bond acceptors (Lipinski definition) is 6. The number of aromatic nitrogens is 2. The fraction of sp³-hybridized carbons (Fsp3) is 0.727. The smallest absolute Gasteiger partial charge is 0.303 e. The van der Waals surface area contributed by atoms with Crippen LogP contribution in [0.1, 0.15) is 25.1 Å². The van der Waals surface area contributed by atoms with Crippen LogP contribution in [-0.2, 0) is 27.3 Å². The molecular formula is C11H18N2O5. The van der Waals surface area contributed by atoms with E-state index in [2.05, 4.69) is 10.2 Å². The van der Waals surface area contributed by atoms with Crippen LogP contribution in [-0.4, -0.2) is 41.6 Å². The van der Waals surface area contributed by atoms with Gasteiger partial charge in [-0.25, -0.2) is 0 Å². The number of ether oxygens (including phenoxy) is 2. The van der Waals surface area contributed by atoms with Crippen molar-refractivity contribution in [3.05, 3.63) is 11.8 Å². The topological polar surface area (TPSA) is 94.7 Å². The molecule has 1 aromatic rings. The highest BCUT2D eigenvalue weighted by Gasteiger charge is 2.13. The summed E-state index contributed by atoms with van der Waals surface area (Å²) < 4.78 is 15.4. The van der Waals surface area contributed by atoms with Crippen molar-refractivity contribution in [2.75, 3.05) is 20.3 Å². The lowest BCUT2D eigenvalue weighted by Gasteiger charge is -2.03. The molecule has 0 saturated carbocycles.